The number of hydrogen-bond donors (Lipinski definition) is 2. The van der Waals surface area contributed by atoms with Crippen LogP contribution in [0, 0.1) is 0 Å². The predicted molar refractivity (Wildman–Crippen MR) is 103 cm³/mol. The number of nitrogens with one attached hydrogen (secondary N) is 2. The van der Waals surface area contributed by atoms with Crippen molar-refractivity contribution in [2.24, 2.45) is 4.99 Å². The molecule has 0 aromatic heterocycles. The van der Waals surface area contributed by atoms with Crippen LogP contribution in [-0.4, -0.2) is 41.6 Å². The van der Waals surface area contributed by atoms with Gasteiger partial charge in [0.1, 0.15) is 11.4 Å². The summed E-state index contributed by atoms with van der Waals surface area (Å²) in [7, 11) is 1.57. The third-order valence-electron chi connectivity index (χ3n) is 4.78. The monoisotopic (exact) mass is 384 g/mol. The summed E-state index contributed by atoms with van der Waals surface area (Å²) in [6.07, 6.45) is 7.49. The molecule has 1 aromatic carbocycles. The molecule has 8 nitrogen and oxygen atoms in total. The molecule has 1 saturated carbocycles. The third-order valence-corrected chi connectivity index (χ3v) is 4.78. The SMILES string of the molecule is CN1NOC(=O)/C1=C/C(=NC(=O)c1ccccc1)C(=O)NC1CCCCCC1. The van der Waals surface area contributed by atoms with E-state index in [1.54, 1.807) is 37.4 Å². The Bertz CT molecular complexity index is 796. The molecular weight excluding hydrogens is 360 g/mol. The summed E-state index contributed by atoms with van der Waals surface area (Å²) in [6.45, 7) is 0. The lowest BCUT2D eigenvalue weighted by Gasteiger charge is -2.16. The number of aliphatic imine (C=N–C) groups is 1. The van der Waals surface area contributed by atoms with Gasteiger partial charge in [0.25, 0.3) is 11.8 Å². The van der Waals surface area contributed by atoms with E-state index in [9.17, 15) is 14.4 Å². The second-order valence-corrected chi connectivity index (χ2v) is 6.90. The molecular formula is C20H24N4O4. The van der Waals surface area contributed by atoms with Gasteiger partial charge in [0, 0.05) is 24.7 Å². The molecule has 2 N–H and O–H groups in total. The molecule has 1 heterocycles. The van der Waals surface area contributed by atoms with Crippen molar-refractivity contribution in [2.45, 2.75) is 44.6 Å². The number of amides is 2. The fourth-order valence-electron chi connectivity index (χ4n) is 3.22. The van der Waals surface area contributed by atoms with E-state index in [2.05, 4.69) is 15.9 Å². The molecule has 0 atom stereocenters. The molecule has 1 aliphatic heterocycles. The van der Waals surface area contributed by atoms with E-state index in [-0.39, 0.29) is 17.5 Å². The minimum atomic E-state index is -0.648. The average molecular weight is 384 g/mol. The Balaban J connectivity index is 1.86. The molecule has 0 unspecified atom stereocenters. The van der Waals surface area contributed by atoms with Gasteiger partial charge in [-0.3, -0.25) is 14.6 Å². The van der Waals surface area contributed by atoms with Crippen LogP contribution in [0.25, 0.3) is 0 Å². The van der Waals surface area contributed by atoms with Crippen LogP contribution in [0.1, 0.15) is 48.9 Å². The van der Waals surface area contributed by atoms with Gasteiger partial charge >= 0.3 is 5.97 Å². The molecule has 1 saturated heterocycles. The Morgan fingerprint density at radius 2 is 1.86 bits per heavy atom. The minimum Gasteiger partial charge on any atom is -0.348 e. The molecule has 0 spiro atoms. The van der Waals surface area contributed by atoms with Crippen LogP contribution in [0.4, 0.5) is 0 Å². The molecule has 2 fully saturated rings. The van der Waals surface area contributed by atoms with Crippen LogP contribution in [0.3, 0.4) is 0 Å². The number of nitrogens with zero attached hydrogens (tertiary/aromatic N) is 2. The summed E-state index contributed by atoms with van der Waals surface area (Å²) in [5.41, 5.74) is 2.71. The van der Waals surface area contributed by atoms with Crippen LogP contribution in [0.5, 0.6) is 0 Å². The van der Waals surface area contributed by atoms with Crippen molar-refractivity contribution in [2.75, 3.05) is 7.05 Å². The highest BCUT2D eigenvalue weighted by Crippen LogP contribution is 2.17. The smallest absolute Gasteiger partial charge is 0.348 e. The van der Waals surface area contributed by atoms with Gasteiger partial charge in [-0.2, -0.15) is 0 Å². The quantitative estimate of drug-likeness (QED) is 0.467. The van der Waals surface area contributed by atoms with Crippen molar-refractivity contribution in [3.63, 3.8) is 0 Å². The highest BCUT2D eigenvalue weighted by molar-refractivity contribution is 6.45. The molecule has 148 valence electrons. The first kappa shape index (κ1) is 19.8. The number of carbonyl (C=O) groups excluding carboxylic acids is 3. The topological polar surface area (TPSA) is 100 Å². The summed E-state index contributed by atoms with van der Waals surface area (Å²) < 4.78 is 0. The largest absolute Gasteiger partial charge is 0.376 e. The number of benzene rings is 1. The van der Waals surface area contributed by atoms with Crippen molar-refractivity contribution in [3.8, 4) is 0 Å². The van der Waals surface area contributed by atoms with E-state index in [1.807, 2.05) is 0 Å². The molecule has 2 amide bonds. The highest BCUT2D eigenvalue weighted by Gasteiger charge is 2.27. The zero-order chi connectivity index (χ0) is 19.9. The average Bonchev–Trinajstić information content (AvgIpc) is 2.89. The summed E-state index contributed by atoms with van der Waals surface area (Å²) >= 11 is 0. The fourth-order valence-corrected chi connectivity index (χ4v) is 3.22. The number of carbonyl (C=O) groups is 3. The number of hydrazine groups is 1. The maximum atomic E-state index is 12.9. The van der Waals surface area contributed by atoms with E-state index < -0.39 is 17.8 Å². The normalized spacial score (nSPS) is 20.0. The van der Waals surface area contributed by atoms with Crippen LogP contribution >= 0.6 is 0 Å². The van der Waals surface area contributed by atoms with Crippen LogP contribution in [-0.2, 0) is 14.4 Å². The first-order valence-electron chi connectivity index (χ1n) is 9.46. The van der Waals surface area contributed by atoms with Gasteiger partial charge in [-0.1, -0.05) is 49.5 Å². The van der Waals surface area contributed by atoms with Crippen molar-refractivity contribution >= 4 is 23.5 Å². The Morgan fingerprint density at radius 1 is 1.18 bits per heavy atom. The van der Waals surface area contributed by atoms with Crippen molar-refractivity contribution in [1.82, 2.24) is 15.9 Å². The molecule has 28 heavy (non-hydrogen) atoms. The zero-order valence-electron chi connectivity index (χ0n) is 15.8. The molecule has 3 rings (SSSR count). The van der Waals surface area contributed by atoms with Gasteiger partial charge in [-0.05, 0) is 25.0 Å². The Labute approximate surface area is 163 Å². The van der Waals surface area contributed by atoms with Crippen LogP contribution in [0.15, 0.2) is 47.1 Å². The van der Waals surface area contributed by atoms with E-state index in [0.29, 0.717) is 5.56 Å². The Hall–Kier alpha value is -3.00. The zero-order valence-corrected chi connectivity index (χ0v) is 15.8. The summed E-state index contributed by atoms with van der Waals surface area (Å²) in [4.78, 5) is 45.9. The molecule has 2 aliphatic rings. The lowest BCUT2D eigenvalue weighted by atomic mass is 10.1. The van der Waals surface area contributed by atoms with Gasteiger partial charge in [-0.25, -0.2) is 9.79 Å². The Morgan fingerprint density at radius 3 is 2.46 bits per heavy atom. The van der Waals surface area contributed by atoms with Gasteiger partial charge in [-0.15, -0.1) is 0 Å². The molecule has 8 heteroatoms. The van der Waals surface area contributed by atoms with E-state index in [1.165, 1.54) is 11.1 Å². The number of likely N-dealkylation sites (N-methyl/N-ethyl adjacent to an activating group) is 1. The standard InChI is InChI=1S/C20H24N4O4/c1-24-17(20(27)28-23-24)13-16(22-18(25)14-9-5-4-6-10-14)19(26)21-15-11-7-2-3-8-12-15/h4-6,9-10,13,15,23H,2-3,7-8,11-12H2,1H3,(H,21,26)/b17-13-,22-16?. The van der Waals surface area contributed by atoms with Crippen molar-refractivity contribution < 1.29 is 19.2 Å². The van der Waals surface area contributed by atoms with Crippen molar-refractivity contribution in [3.05, 3.63) is 47.7 Å². The Kier molecular flexibility index (Phi) is 6.54. The van der Waals surface area contributed by atoms with E-state index in [4.69, 9.17) is 4.84 Å². The minimum absolute atomic E-state index is 0.0387. The molecule has 1 aromatic rings. The summed E-state index contributed by atoms with van der Waals surface area (Å²) in [5.74, 6) is -1.67. The lowest BCUT2D eigenvalue weighted by molar-refractivity contribution is -0.142. The number of rotatable bonds is 4. The molecule has 0 bridgehead atoms. The third kappa shape index (κ3) is 5.04. The predicted octanol–water partition coefficient (Wildman–Crippen LogP) is 1.90. The lowest BCUT2D eigenvalue weighted by Crippen LogP contribution is -2.39. The van der Waals surface area contributed by atoms with E-state index >= 15 is 0 Å². The molecule has 1 aliphatic carbocycles. The van der Waals surface area contributed by atoms with Crippen molar-refractivity contribution in [1.29, 1.82) is 0 Å². The van der Waals surface area contributed by atoms with Crippen LogP contribution < -0.4 is 10.9 Å². The van der Waals surface area contributed by atoms with Gasteiger partial charge in [0.05, 0.1) is 0 Å². The van der Waals surface area contributed by atoms with Gasteiger partial charge in [0.2, 0.25) is 0 Å². The fraction of sp³-hybridized carbons (Fsp3) is 0.400. The van der Waals surface area contributed by atoms with E-state index in [0.717, 1.165) is 38.5 Å². The first-order chi connectivity index (χ1) is 13.5. The summed E-state index contributed by atoms with van der Waals surface area (Å²) in [6, 6.07) is 8.51. The van der Waals surface area contributed by atoms with Gasteiger partial charge < -0.3 is 10.2 Å². The summed E-state index contributed by atoms with van der Waals surface area (Å²) in [5, 5.41) is 4.29. The first-order valence-corrected chi connectivity index (χ1v) is 9.46. The van der Waals surface area contributed by atoms with Gasteiger partial charge in [0.15, 0.2) is 0 Å². The second kappa shape index (κ2) is 9.27. The number of hydrogen-bond acceptors (Lipinski definition) is 6. The molecule has 0 radical (unpaired) electrons. The highest BCUT2D eigenvalue weighted by atomic mass is 16.7. The maximum absolute atomic E-state index is 12.9. The maximum Gasteiger partial charge on any atom is 0.376 e. The second-order valence-electron chi connectivity index (χ2n) is 6.90. The van der Waals surface area contributed by atoms with Crippen LogP contribution in [0.2, 0.25) is 0 Å².